The van der Waals surface area contributed by atoms with E-state index in [9.17, 15) is 9.59 Å². The molecular weight excluding hydrogens is 204 g/mol. The molecule has 0 radical (unpaired) electrons. The quantitative estimate of drug-likeness (QED) is 0.704. The summed E-state index contributed by atoms with van der Waals surface area (Å²) < 4.78 is 0. The first kappa shape index (κ1) is 11.3. The van der Waals surface area contributed by atoms with E-state index in [2.05, 4.69) is 5.32 Å². The van der Waals surface area contributed by atoms with Gasteiger partial charge < -0.3 is 5.32 Å². The van der Waals surface area contributed by atoms with Crippen molar-refractivity contribution in [1.82, 2.24) is 10.2 Å². The number of carbonyl (C=O) groups excluding carboxylic acids is 2. The van der Waals surface area contributed by atoms with Gasteiger partial charge in [-0.2, -0.15) is 0 Å². The van der Waals surface area contributed by atoms with Gasteiger partial charge in [0.1, 0.15) is 0 Å². The molecule has 0 spiro atoms. The highest BCUT2D eigenvalue weighted by Crippen LogP contribution is 2.21. The zero-order valence-electron chi connectivity index (χ0n) is 9.88. The number of nitrogens with one attached hydrogen (secondary N) is 1. The van der Waals surface area contributed by atoms with E-state index in [0.717, 1.165) is 13.0 Å². The topological polar surface area (TPSA) is 49.4 Å². The fourth-order valence-electron chi connectivity index (χ4n) is 2.28. The van der Waals surface area contributed by atoms with Gasteiger partial charge in [0.25, 0.3) is 11.8 Å². The largest absolute Gasteiger partial charge is 0.312 e. The highest BCUT2D eigenvalue weighted by molar-refractivity contribution is 6.18. The lowest BCUT2D eigenvalue weighted by Gasteiger charge is -2.27. The summed E-state index contributed by atoms with van der Waals surface area (Å²) in [4.78, 5) is 25.0. The normalized spacial score (nSPS) is 26.9. The van der Waals surface area contributed by atoms with Crippen LogP contribution in [0.2, 0.25) is 0 Å². The molecule has 4 heteroatoms. The van der Waals surface area contributed by atoms with Crippen LogP contribution in [0, 0.1) is 0 Å². The van der Waals surface area contributed by atoms with Crippen LogP contribution < -0.4 is 5.32 Å². The second-order valence-corrected chi connectivity index (χ2v) is 4.62. The van der Waals surface area contributed by atoms with Crippen LogP contribution in [0.15, 0.2) is 11.1 Å². The molecule has 2 aliphatic heterocycles. The fourth-order valence-corrected chi connectivity index (χ4v) is 2.28. The lowest BCUT2D eigenvalue weighted by Crippen LogP contribution is -2.46. The molecule has 1 atom stereocenters. The van der Waals surface area contributed by atoms with E-state index in [-0.39, 0.29) is 17.9 Å². The van der Waals surface area contributed by atoms with Gasteiger partial charge >= 0.3 is 0 Å². The Balaban J connectivity index is 2.01. The standard InChI is InChI=1S/C12H18N2O2/c1-8-9(2)12(16)14(11(8)15)7-10-5-3-4-6-13-10/h10,13H,3-7H2,1-2H3. The molecule has 0 aromatic rings. The lowest BCUT2D eigenvalue weighted by atomic mass is 10.0. The minimum atomic E-state index is -0.116. The van der Waals surface area contributed by atoms with E-state index in [4.69, 9.17) is 0 Å². The average molecular weight is 222 g/mol. The molecule has 1 fully saturated rings. The molecule has 0 aromatic carbocycles. The van der Waals surface area contributed by atoms with Crippen LogP contribution in [0.3, 0.4) is 0 Å². The maximum atomic E-state index is 11.8. The van der Waals surface area contributed by atoms with Gasteiger partial charge in [0.2, 0.25) is 0 Å². The first-order chi connectivity index (χ1) is 7.61. The van der Waals surface area contributed by atoms with Crippen molar-refractivity contribution in [3.8, 4) is 0 Å². The summed E-state index contributed by atoms with van der Waals surface area (Å²) in [5, 5.41) is 3.35. The molecular formula is C12H18N2O2. The summed E-state index contributed by atoms with van der Waals surface area (Å²) in [5.74, 6) is -0.232. The molecule has 0 bridgehead atoms. The maximum absolute atomic E-state index is 11.8. The zero-order valence-corrected chi connectivity index (χ0v) is 9.88. The summed E-state index contributed by atoms with van der Waals surface area (Å²) in [6.07, 6.45) is 3.42. The number of nitrogens with zero attached hydrogens (tertiary/aromatic N) is 1. The Morgan fingerprint density at radius 3 is 2.31 bits per heavy atom. The van der Waals surface area contributed by atoms with Crippen LogP contribution in [-0.4, -0.2) is 35.8 Å². The third-order valence-corrected chi connectivity index (χ3v) is 3.51. The zero-order chi connectivity index (χ0) is 11.7. The minimum absolute atomic E-state index is 0.116. The third-order valence-electron chi connectivity index (χ3n) is 3.51. The lowest BCUT2D eigenvalue weighted by molar-refractivity contribution is -0.138. The highest BCUT2D eigenvalue weighted by Gasteiger charge is 2.34. The van der Waals surface area contributed by atoms with Crippen LogP contribution in [0.1, 0.15) is 33.1 Å². The van der Waals surface area contributed by atoms with Crippen LogP contribution in [0.5, 0.6) is 0 Å². The Hall–Kier alpha value is -1.16. The Kier molecular flexibility index (Phi) is 3.10. The van der Waals surface area contributed by atoms with E-state index < -0.39 is 0 Å². The van der Waals surface area contributed by atoms with Crippen molar-refractivity contribution in [3.63, 3.8) is 0 Å². The first-order valence-electron chi connectivity index (χ1n) is 5.88. The molecule has 2 amide bonds. The molecule has 2 rings (SSSR count). The molecule has 2 aliphatic rings. The van der Waals surface area contributed by atoms with Gasteiger partial charge in [-0.1, -0.05) is 6.42 Å². The number of rotatable bonds is 2. The van der Waals surface area contributed by atoms with Gasteiger partial charge in [0.15, 0.2) is 0 Å². The van der Waals surface area contributed by atoms with Crippen molar-refractivity contribution >= 4 is 11.8 Å². The smallest absolute Gasteiger partial charge is 0.256 e. The SMILES string of the molecule is CC1=C(C)C(=O)N(CC2CCCCN2)C1=O. The molecule has 1 N–H and O–H groups in total. The first-order valence-corrected chi connectivity index (χ1v) is 5.88. The number of hydrogen-bond donors (Lipinski definition) is 1. The number of amides is 2. The molecule has 1 saturated heterocycles. The van der Waals surface area contributed by atoms with Crippen LogP contribution >= 0.6 is 0 Å². The van der Waals surface area contributed by atoms with E-state index in [0.29, 0.717) is 17.7 Å². The van der Waals surface area contributed by atoms with Crippen LogP contribution in [0.4, 0.5) is 0 Å². The Bertz CT molecular complexity index is 330. The minimum Gasteiger partial charge on any atom is -0.312 e. The molecule has 0 aromatic heterocycles. The summed E-state index contributed by atoms with van der Waals surface area (Å²) in [5.41, 5.74) is 1.20. The number of carbonyl (C=O) groups is 2. The van der Waals surface area contributed by atoms with Gasteiger partial charge in [-0.3, -0.25) is 14.5 Å². The summed E-state index contributed by atoms with van der Waals surface area (Å²) in [6, 6.07) is 0.278. The summed E-state index contributed by atoms with van der Waals surface area (Å²) in [6.45, 7) is 4.96. The maximum Gasteiger partial charge on any atom is 0.256 e. The molecule has 88 valence electrons. The Labute approximate surface area is 95.7 Å². The molecule has 2 heterocycles. The second-order valence-electron chi connectivity index (χ2n) is 4.62. The van der Waals surface area contributed by atoms with Crippen molar-refractivity contribution in [3.05, 3.63) is 11.1 Å². The fraction of sp³-hybridized carbons (Fsp3) is 0.667. The van der Waals surface area contributed by atoms with Crippen molar-refractivity contribution in [2.24, 2.45) is 0 Å². The van der Waals surface area contributed by atoms with Crippen LogP contribution in [0.25, 0.3) is 0 Å². The van der Waals surface area contributed by atoms with Gasteiger partial charge in [0, 0.05) is 23.7 Å². The number of hydrogen-bond acceptors (Lipinski definition) is 3. The Morgan fingerprint density at radius 2 is 1.81 bits per heavy atom. The molecule has 0 saturated carbocycles. The highest BCUT2D eigenvalue weighted by atomic mass is 16.2. The van der Waals surface area contributed by atoms with Crippen LogP contribution in [-0.2, 0) is 9.59 Å². The van der Waals surface area contributed by atoms with Gasteiger partial charge in [0.05, 0.1) is 0 Å². The van der Waals surface area contributed by atoms with E-state index >= 15 is 0 Å². The summed E-state index contributed by atoms with van der Waals surface area (Å²) in [7, 11) is 0. The number of piperidine rings is 1. The van der Waals surface area contributed by atoms with Crippen molar-refractivity contribution in [2.75, 3.05) is 13.1 Å². The third kappa shape index (κ3) is 1.89. The average Bonchev–Trinajstić information content (AvgIpc) is 2.48. The van der Waals surface area contributed by atoms with Gasteiger partial charge in [-0.15, -0.1) is 0 Å². The van der Waals surface area contributed by atoms with Crippen molar-refractivity contribution < 1.29 is 9.59 Å². The summed E-state index contributed by atoms with van der Waals surface area (Å²) >= 11 is 0. The monoisotopic (exact) mass is 222 g/mol. The predicted molar refractivity (Wildman–Crippen MR) is 60.7 cm³/mol. The van der Waals surface area contributed by atoms with E-state index in [1.54, 1.807) is 13.8 Å². The molecule has 16 heavy (non-hydrogen) atoms. The van der Waals surface area contributed by atoms with Gasteiger partial charge in [-0.05, 0) is 33.2 Å². The van der Waals surface area contributed by atoms with Crippen molar-refractivity contribution in [1.29, 1.82) is 0 Å². The Morgan fingerprint density at radius 1 is 1.19 bits per heavy atom. The predicted octanol–water partition coefficient (Wildman–Crippen LogP) is 0.834. The second kappa shape index (κ2) is 4.37. The number of imide groups is 1. The molecule has 1 unspecified atom stereocenters. The van der Waals surface area contributed by atoms with E-state index in [1.807, 2.05) is 0 Å². The molecule has 4 nitrogen and oxygen atoms in total. The van der Waals surface area contributed by atoms with Crippen molar-refractivity contribution in [2.45, 2.75) is 39.2 Å². The molecule has 0 aliphatic carbocycles. The van der Waals surface area contributed by atoms with E-state index in [1.165, 1.54) is 17.7 Å². The van der Waals surface area contributed by atoms with Gasteiger partial charge in [-0.25, -0.2) is 0 Å².